The molecule has 2 heterocycles. The Kier molecular flexibility index (Phi) is 6.70. The molecule has 2 aromatic carbocycles. The zero-order valence-electron chi connectivity index (χ0n) is 20.2. The van der Waals surface area contributed by atoms with E-state index in [9.17, 15) is 4.79 Å². The highest BCUT2D eigenvalue weighted by Crippen LogP contribution is 2.28. The Labute approximate surface area is 199 Å². The molecular weight excluding hydrogens is 432 g/mol. The SMILES string of the molecule is CCOc1ccccc1Cn1nc(COC(C)(C)C(=O)OC)cc1-c1ccc2cnn(C)c2c1. The predicted molar refractivity (Wildman–Crippen MR) is 130 cm³/mol. The highest BCUT2D eigenvalue weighted by molar-refractivity contribution is 5.83. The van der Waals surface area contributed by atoms with E-state index < -0.39 is 11.6 Å². The number of nitrogens with zero attached hydrogens (tertiary/aromatic N) is 4. The van der Waals surface area contributed by atoms with Crippen LogP contribution in [0.1, 0.15) is 32.0 Å². The van der Waals surface area contributed by atoms with Crippen molar-refractivity contribution >= 4 is 16.9 Å². The van der Waals surface area contributed by atoms with Crippen LogP contribution in [0.15, 0.2) is 54.7 Å². The Morgan fingerprint density at radius 2 is 1.91 bits per heavy atom. The summed E-state index contributed by atoms with van der Waals surface area (Å²) in [4.78, 5) is 12.0. The van der Waals surface area contributed by atoms with Gasteiger partial charge < -0.3 is 14.2 Å². The van der Waals surface area contributed by atoms with Crippen LogP contribution >= 0.6 is 0 Å². The van der Waals surface area contributed by atoms with Crippen LogP contribution in [0, 0.1) is 0 Å². The fourth-order valence-corrected chi connectivity index (χ4v) is 3.85. The fourth-order valence-electron chi connectivity index (χ4n) is 3.85. The van der Waals surface area contributed by atoms with E-state index >= 15 is 0 Å². The molecule has 0 aliphatic heterocycles. The van der Waals surface area contributed by atoms with Crippen molar-refractivity contribution in [2.45, 2.75) is 39.5 Å². The molecule has 0 spiro atoms. The molecular formula is C26H30N4O4. The Balaban J connectivity index is 1.72. The predicted octanol–water partition coefficient (Wildman–Crippen LogP) is 4.35. The van der Waals surface area contributed by atoms with Gasteiger partial charge in [0.1, 0.15) is 5.75 Å². The van der Waals surface area contributed by atoms with Crippen molar-refractivity contribution in [2.24, 2.45) is 7.05 Å². The molecule has 0 radical (unpaired) electrons. The van der Waals surface area contributed by atoms with Crippen LogP contribution in [0.2, 0.25) is 0 Å². The number of para-hydroxylation sites is 1. The van der Waals surface area contributed by atoms with E-state index in [1.807, 2.05) is 59.9 Å². The first kappa shape index (κ1) is 23.5. The third-order valence-electron chi connectivity index (χ3n) is 5.73. The van der Waals surface area contributed by atoms with Gasteiger partial charge in [-0.15, -0.1) is 0 Å². The van der Waals surface area contributed by atoms with Crippen LogP contribution in [-0.4, -0.2) is 44.8 Å². The zero-order chi connectivity index (χ0) is 24.3. The lowest BCUT2D eigenvalue weighted by Gasteiger charge is -2.21. The quantitative estimate of drug-likeness (QED) is 0.344. The topological polar surface area (TPSA) is 80.4 Å². The molecule has 8 heteroatoms. The van der Waals surface area contributed by atoms with Gasteiger partial charge in [-0.1, -0.05) is 30.3 Å². The van der Waals surface area contributed by atoms with E-state index in [0.717, 1.165) is 33.5 Å². The van der Waals surface area contributed by atoms with E-state index in [1.54, 1.807) is 13.8 Å². The Hall–Kier alpha value is -3.65. The lowest BCUT2D eigenvalue weighted by atomic mass is 10.1. The van der Waals surface area contributed by atoms with E-state index in [4.69, 9.17) is 19.3 Å². The summed E-state index contributed by atoms with van der Waals surface area (Å²) in [6.07, 6.45) is 1.85. The molecule has 4 aromatic rings. The maximum atomic E-state index is 12.0. The van der Waals surface area contributed by atoms with E-state index in [2.05, 4.69) is 23.3 Å². The van der Waals surface area contributed by atoms with Gasteiger partial charge >= 0.3 is 5.97 Å². The van der Waals surface area contributed by atoms with Gasteiger partial charge in [-0.05, 0) is 39.0 Å². The first-order valence-corrected chi connectivity index (χ1v) is 11.2. The molecule has 0 bridgehead atoms. The molecule has 0 saturated carbocycles. The molecule has 0 aliphatic rings. The van der Waals surface area contributed by atoms with Crippen LogP contribution in [0.4, 0.5) is 0 Å². The van der Waals surface area contributed by atoms with Crippen LogP contribution in [0.5, 0.6) is 5.75 Å². The number of fused-ring (bicyclic) bond motifs is 1. The van der Waals surface area contributed by atoms with E-state index in [-0.39, 0.29) is 6.61 Å². The molecule has 4 rings (SSSR count). The molecule has 0 saturated heterocycles. The number of hydrogen-bond acceptors (Lipinski definition) is 6. The number of esters is 1. The third-order valence-corrected chi connectivity index (χ3v) is 5.73. The van der Waals surface area contributed by atoms with Crippen molar-refractivity contribution < 1.29 is 19.0 Å². The van der Waals surface area contributed by atoms with Crippen molar-refractivity contribution in [2.75, 3.05) is 13.7 Å². The summed E-state index contributed by atoms with van der Waals surface area (Å²) in [6, 6.07) is 16.2. The van der Waals surface area contributed by atoms with E-state index in [1.165, 1.54) is 7.11 Å². The lowest BCUT2D eigenvalue weighted by molar-refractivity contribution is -0.166. The second-order valence-electron chi connectivity index (χ2n) is 8.55. The number of rotatable bonds is 9. The number of methoxy groups -OCH3 is 1. The summed E-state index contributed by atoms with van der Waals surface area (Å²) >= 11 is 0. The number of carbonyl (C=O) groups excluding carboxylic acids is 1. The average Bonchev–Trinajstić information content (AvgIpc) is 3.41. The van der Waals surface area contributed by atoms with Crippen molar-refractivity contribution in [3.63, 3.8) is 0 Å². The summed E-state index contributed by atoms with van der Waals surface area (Å²) in [7, 11) is 3.28. The average molecular weight is 463 g/mol. The third kappa shape index (κ3) is 4.82. The van der Waals surface area contributed by atoms with Crippen molar-refractivity contribution in [3.05, 3.63) is 66.0 Å². The first-order valence-electron chi connectivity index (χ1n) is 11.2. The molecule has 0 amide bonds. The summed E-state index contributed by atoms with van der Waals surface area (Å²) in [6.45, 7) is 6.62. The summed E-state index contributed by atoms with van der Waals surface area (Å²) in [5.41, 5.74) is 3.64. The first-order chi connectivity index (χ1) is 16.3. The largest absolute Gasteiger partial charge is 0.494 e. The van der Waals surface area contributed by atoms with Gasteiger partial charge in [0.2, 0.25) is 0 Å². The summed E-state index contributed by atoms with van der Waals surface area (Å²) < 4.78 is 20.3. The van der Waals surface area contributed by atoms with Gasteiger partial charge in [0.05, 0.1) is 50.0 Å². The Morgan fingerprint density at radius 1 is 1.12 bits per heavy atom. The maximum absolute atomic E-state index is 12.0. The number of ether oxygens (including phenoxy) is 3. The van der Waals surface area contributed by atoms with Gasteiger partial charge in [-0.3, -0.25) is 9.36 Å². The normalized spacial score (nSPS) is 11.7. The molecule has 178 valence electrons. The van der Waals surface area contributed by atoms with Gasteiger partial charge in [-0.2, -0.15) is 10.2 Å². The highest BCUT2D eigenvalue weighted by atomic mass is 16.6. The number of aryl methyl sites for hydroxylation is 1. The van der Waals surface area contributed by atoms with E-state index in [0.29, 0.717) is 18.8 Å². The Bertz CT molecular complexity index is 1310. The second kappa shape index (κ2) is 9.69. The number of carbonyl (C=O) groups is 1. The minimum atomic E-state index is -1.08. The molecule has 0 fully saturated rings. The van der Waals surface area contributed by atoms with Crippen LogP contribution in [0.3, 0.4) is 0 Å². The standard InChI is InChI=1S/C26H30N4O4/c1-6-33-24-10-8-7-9-20(24)16-30-23(18-11-12-19-15-27-29(4)22(19)13-18)14-21(28-30)17-34-26(2,3)25(31)32-5/h7-15H,6,16-17H2,1-5H3. The number of aromatic nitrogens is 4. The Morgan fingerprint density at radius 3 is 2.68 bits per heavy atom. The maximum Gasteiger partial charge on any atom is 0.337 e. The molecule has 8 nitrogen and oxygen atoms in total. The van der Waals surface area contributed by atoms with Crippen molar-refractivity contribution in [1.29, 1.82) is 0 Å². The summed E-state index contributed by atoms with van der Waals surface area (Å²) in [5, 5.41) is 10.2. The van der Waals surface area contributed by atoms with Crippen molar-refractivity contribution in [1.82, 2.24) is 19.6 Å². The minimum Gasteiger partial charge on any atom is -0.494 e. The van der Waals surface area contributed by atoms with Crippen LogP contribution in [0.25, 0.3) is 22.2 Å². The second-order valence-corrected chi connectivity index (χ2v) is 8.55. The smallest absolute Gasteiger partial charge is 0.337 e. The molecule has 34 heavy (non-hydrogen) atoms. The fraction of sp³-hybridized carbons (Fsp3) is 0.346. The summed E-state index contributed by atoms with van der Waals surface area (Å²) in [5.74, 6) is 0.401. The van der Waals surface area contributed by atoms with Crippen LogP contribution in [-0.2, 0) is 34.5 Å². The van der Waals surface area contributed by atoms with Gasteiger partial charge in [0.25, 0.3) is 0 Å². The minimum absolute atomic E-state index is 0.170. The highest BCUT2D eigenvalue weighted by Gasteiger charge is 2.30. The van der Waals surface area contributed by atoms with Gasteiger partial charge in [0, 0.05) is 23.6 Å². The molecule has 2 aromatic heterocycles. The zero-order valence-corrected chi connectivity index (χ0v) is 20.2. The van der Waals surface area contributed by atoms with Gasteiger partial charge in [-0.25, -0.2) is 4.79 Å². The monoisotopic (exact) mass is 462 g/mol. The lowest BCUT2D eigenvalue weighted by Crippen LogP contribution is -2.35. The number of hydrogen-bond donors (Lipinski definition) is 0. The van der Waals surface area contributed by atoms with Gasteiger partial charge in [0.15, 0.2) is 5.60 Å². The molecule has 0 atom stereocenters. The van der Waals surface area contributed by atoms with Crippen LogP contribution < -0.4 is 4.74 Å². The molecule has 0 unspecified atom stereocenters. The molecule has 0 N–H and O–H groups in total. The number of benzene rings is 2. The van der Waals surface area contributed by atoms with Crippen molar-refractivity contribution in [3.8, 4) is 17.0 Å². The molecule has 0 aliphatic carbocycles.